The maximum absolute atomic E-state index is 13.4. The van der Waals surface area contributed by atoms with E-state index in [0.717, 1.165) is 11.3 Å². The van der Waals surface area contributed by atoms with E-state index in [4.69, 9.17) is 9.47 Å². The number of aliphatic hydroxyl groups excluding tert-OH is 1. The normalized spacial score (nSPS) is 20.1. The van der Waals surface area contributed by atoms with Crippen LogP contribution in [0.15, 0.2) is 84.9 Å². The van der Waals surface area contributed by atoms with E-state index in [1.807, 2.05) is 0 Å². The van der Waals surface area contributed by atoms with Gasteiger partial charge in [0.2, 0.25) is 19.9 Å². The largest absolute Gasteiger partial charge is 0.491 e. The summed E-state index contributed by atoms with van der Waals surface area (Å²) in [5.41, 5.74) is -0.484. The molecule has 240 valence electrons. The van der Waals surface area contributed by atoms with Crippen LogP contribution in [0, 0.1) is 0 Å². The van der Waals surface area contributed by atoms with E-state index >= 15 is 0 Å². The molecule has 2 atom stereocenters. The van der Waals surface area contributed by atoms with Gasteiger partial charge in [0.15, 0.2) is 0 Å². The van der Waals surface area contributed by atoms with Crippen LogP contribution in [-0.2, 0) is 34.6 Å². The Bertz CT molecular complexity index is 1770. The van der Waals surface area contributed by atoms with Gasteiger partial charge in [0.1, 0.15) is 22.7 Å². The van der Waals surface area contributed by atoms with Crippen molar-refractivity contribution in [2.45, 2.75) is 55.9 Å². The molecule has 0 amide bonds. The highest BCUT2D eigenvalue weighted by molar-refractivity contribution is 7.92. The van der Waals surface area contributed by atoms with Crippen LogP contribution in [0.3, 0.4) is 0 Å². The molecule has 0 radical (unpaired) electrons. The summed E-state index contributed by atoms with van der Waals surface area (Å²) in [6.45, 7) is 1.08. The van der Waals surface area contributed by atoms with Crippen LogP contribution in [0.2, 0.25) is 0 Å². The van der Waals surface area contributed by atoms with Crippen molar-refractivity contribution in [3.63, 3.8) is 0 Å². The minimum atomic E-state index is -3.87. The van der Waals surface area contributed by atoms with Crippen LogP contribution in [0.1, 0.15) is 19.3 Å². The summed E-state index contributed by atoms with van der Waals surface area (Å²) in [6, 6.07) is 15.1. The van der Waals surface area contributed by atoms with Gasteiger partial charge in [0.05, 0.1) is 26.9 Å². The summed E-state index contributed by atoms with van der Waals surface area (Å²) in [7, 11) is -9.98. The van der Waals surface area contributed by atoms with Crippen molar-refractivity contribution in [2.24, 2.45) is 0 Å². The zero-order chi connectivity index (χ0) is 31.6. The summed E-state index contributed by atoms with van der Waals surface area (Å²) in [5, 5.41) is 15.1. The lowest BCUT2D eigenvalue weighted by Crippen LogP contribution is -2.47. The molecule has 0 bridgehead atoms. The quantitative estimate of drug-likeness (QED) is 0.256. The number of ether oxygens (including phenoxy) is 2. The number of rotatable bonds is 12. The average molecular weight is 686 g/mol. The molecule has 12 nitrogen and oxygen atoms in total. The van der Waals surface area contributed by atoms with Crippen molar-refractivity contribution in [3.05, 3.63) is 66.0 Å². The van der Waals surface area contributed by atoms with Crippen LogP contribution < -0.4 is 14.8 Å². The molecule has 2 saturated heterocycles. The van der Waals surface area contributed by atoms with Gasteiger partial charge in [0, 0.05) is 37.1 Å². The average Bonchev–Trinajstić information content (AvgIpc) is 3.69. The third-order valence-corrected chi connectivity index (χ3v) is 14.4. The number of sulfone groups is 1. The first-order chi connectivity index (χ1) is 20.8. The number of nitrogens with one attached hydrogen (secondary N) is 2. The summed E-state index contributed by atoms with van der Waals surface area (Å²) >= 11 is 0.897. The van der Waals surface area contributed by atoms with Crippen LogP contribution in [0.25, 0.3) is 0 Å². The minimum Gasteiger partial charge on any atom is -0.491 e. The summed E-state index contributed by atoms with van der Waals surface area (Å²) in [5.74, 6) is 0.321. The minimum absolute atomic E-state index is 0.0126. The highest BCUT2D eigenvalue weighted by atomic mass is 32.2. The van der Waals surface area contributed by atoms with E-state index in [-0.39, 0.29) is 51.2 Å². The SMILES string of the molecule is CNS(=O)(=O)c1cccc(OC[C@@H](O)CNC2COC3(CCN(S(=O)(=O)c4cc(S(=O)(=O)c5ccccc5)cs4)CC3)C2)c1. The van der Waals surface area contributed by atoms with Crippen molar-refractivity contribution < 1.29 is 39.8 Å². The standard InChI is InChI=1S/C28H35N3O9S4/c1-29-43(35,36)25-9-5-6-23(14-25)39-19-22(32)17-30-21-16-28(40-18-21)10-12-31(13-11-28)44(37,38)27-15-26(20-41-27)42(33,34)24-7-3-2-4-8-24/h2-9,14-15,20-22,29-30,32H,10-13,16-19H2,1H3/t21?,22-/m0/s1. The maximum atomic E-state index is 13.4. The molecule has 2 aliphatic heterocycles. The number of piperidine rings is 1. The molecule has 3 heterocycles. The van der Waals surface area contributed by atoms with Crippen molar-refractivity contribution in [1.82, 2.24) is 14.3 Å². The summed E-state index contributed by atoms with van der Waals surface area (Å²) in [4.78, 5) is 0.126. The molecule has 16 heteroatoms. The molecule has 3 aromatic rings. The second-order valence-electron chi connectivity index (χ2n) is 10.8. The predicted octanol–water partition coefficient (Wildman–Crippen LogP) is 1.83. The van der Waals surface area contributed by atoms with Gasteiger partial charge in [0.25, 0.3) is 10.0 Å². The number of hydrogen-bond acceptors (Lipinski definition) is 11. The third kappa shape index (κ3) is 7.18. The zero-order valence-electron chi connectivity index (χ0n) is 24.0. The number of aliphatic hydroxyl groups is 1. The van der Waals surface area contributed by atoms with Crippen molar-refractivity contribution in [3.8, 4) is 5.75 Å². The molecule has 0 saturated carbocycles. The van der Waals surface area contributed by atoms with Gasteiger partial charge in [-0.3, -0.25) is 0 Å². The lowest BCUT2D eigenvalue weighted by atomic mass is 9.88. The molecule has 2 aliphatic rings. The summed E-state index contributed by atoms with van der Waals surface area (Å²) < 4.78 is 91.9. The molecule has 1 spiro atoms. The molecule has 3 N–H and O–H groups in total. The van der Waals surface area contributed by atoms with Gasteiger partial charge in [-0.1, -0.05) is 24.3 Å². The summed E-state index contributed by atoms with van der Waals surface area (Å²) in [6.07, 6.45) is 0.770. The van der Waals surface area contributed by atoms with Gasteiger partial charge < -0.3 is 19.9 Å². The van der Waals surface area contributed by atoms with Crippen molar-refractivity contribution in [1.29, 1.82) is 0 Å². The molecule has 2 aromatic carbocycles. The van der Waals surface area contributed by atoms with Crippen LogP contribution in [0.4, 0.5) is 0 Å². The van der Waals surface area contributed by atoms with Gasteiger partial charge in [-0.25, -0.2) is 30.0 Å². The van der Waals surface area contributed by atoms with E-state index in [0.29, 0.717) is 31.6 Å². The molecule has 44 heavy (non-hydrogen) atoms. The second kappa shape index (κ2) is 13.1. The maximum Gasteiger partial charge on any atom is 0.252 e. The van der Waals surface area contributed by atoms with Crippen molar-refractivity contribution >= 4 is 41.2 Å². The molecule has 0 aliphatic carbocycles. The van der Waals surface area contributed by atoms with E-state index in [1.165, 1.54) is 47.1 Å². The fourth-order valence-electron chi connectivity index (χ4n) is 5.30. The molecule has 1 aromatic heterocycles. The van der Waals surface area contributed by atoms with Gasteiger partial charge in [-0.15, -0.1) is 11.3 Å². The first-order valence-electron chi connectivity index (χ1n) is 14.0. The smallest absolute Gasteiger partial charge is 0.252 e. The van der Waals surface area contributed by atoms with E-state index in [9.17, 15) is 30.4 Å². The Labute approximate surface area is 262 Å². The molecule has 1 unspecified atom stereocenters. The van der Waals surface area contributed by atoms with Crippen molar-refractivity contribution in [2.75, 3.05) is 39.9 Å². The van der Waals surface area contributed by atoms with Gasteiger partial charge in [-0.05, 0) is 56.6 Å². The Morgan fingerprint density at radius 1 is 1.00 bits per heavy atom. The number of benzene rings is 2. The van der Waals surface area contributed by atoms with Crippen LogP contribution in [-0.4, -0.2) is 92.3 Å². The predicted molar refractivity (Wildman–Crippen MR) is 163 cm³/mol. The van der Waals surface area contributed by atoms with E-state index in [1.54, 1.807) is 30.3 Å². The van der Waals surface area contributed by atoms with Gasteiger partial charge >= 0.3 is 0 Å². The van der Waals surface area contributed by atoms with Gasteiger partial charge in [-0.2, -0.15) is 4.31 Å². The fourth-order valence-corrected chi connectivity index (χ4v) is 10.6. The number of thiophene rings is 1. The van der Waals surface area contributed by atoms with Crippen LogP contribution in [0.5, 0.6) is 5.75 Å². The zero-order valence-corrected chi connectivity index (χ0v) is 27.2. The van der Waals surface area contributed by atoms with Crippen LogP contribution >= 0.6 is 11.3 Å². The highest BCUT2D eigenvalue weighted by Crippen LogP contribution is 2.38. The monoisotopic (exact) mass is 685 g/mol. The lowest BCUT2D eigenvalue weighted by molar-refractivity contribution is -0.0311. The Hall–Kier alpha value is -2.41. The third-order valence-electron chi connectivity index (χ3n) is 7.82. The fraction of sp³-hybridized carbons (Fsp3) is 0.429. The molecule has 5 rings (SSSR count). The number of nitrogens with zero attached hydrogens (tertiary/aromatic N) is 1. The second-order valence-corrected chi connectivity index (χ2v) is 17.7. The topological polar surface area (TPSA) is 168 Å². The Morgan fingerprint density at radius 2 is 1.70 bits per heavy atom. The Kier molecular flexibility index (Phi) is 9.84. The number of sulfonamides is 2. The first kappa shape index (κ1) is 33.0. The van der Waals surface area contributed by atoms with E-state index < -0.39 is 41.6 Å². The molecular weight excluding hydrogens is 651 g/mol. The molecular formula is C28H35N3O9S4. The molecule has 2 fully saturated rings. The number of hydrogen-bond donors (Lipinski definition) is 3. The van der Waals surface area contributed by atoms with E-state index in [2.05, 4.69) is 10.0 Å². The Morgan fingerprint density at radius 3 is 2.41 bits per heavy atom. The Balaban J connectivity index is 1.10. The first-order valence-corrected chi connectivity index (χ1v) is 19.2. The lowest BCUT2D eigenvalue weighted by Gasteiger charge is -2.37. The highest BCUT2D eigenvalue weighted by Gasteiger charge is 2.45.